The van der Waals surface area contributed by atoms with Crippen LogP contribution in [0.5, 0.6) is 5.75 Å². The van der Waals surface area contributed by atoms with Crippen molar-refractivity contribution in [1.29, 1.82) is 0 Å². The number of halogens is 1. The Morgan fingerprint density at radius 3 is 2.82 bits per heavy atom. The molecule has 1 unspecified atom stereocenters. The van der Waals surface area contributed by atoms with E-state index in [1.54, 1.807) is 13.2 Å². The molecule has 1 rings (SSSR count). The molecular formula is C12H18ClNO2S. The fourth-order valence-electron chi connectivity index (χ4n) is 1.55. The lowest BCUT2D eigenvalue weighted by Gasteiger charge is -2.21. The van der Waals surface area contributed by atoms with Gasteiger partial charge in [-0.2, -0.15) is 0 Å². The van der Waals surface area contributed by atoms with Crippen LogP contribution in [0.25, 0.3) is 0 Å². The van der Waals surface area contributed by atoms with Crippen molar-refractivity contribution in [3.63, 3.8) is 0 Å². The van der Waals surface area contributed by atoms with Gasteiger partial charge >= 0.3 is 0 Å². The number of methoxy groups -OCH3 is 1. The van der Waals surface area contributed by atoms with E-state index >= 15 is 0 Å². The van der Waals surface area contributed by atoms with Crippen molar-refractivity contribution in [1.82, 2.24) is 5.32 Å². The summed E-state index contributed by atoms with van der Waals surface area (Å²) >= 11 is 7.12. The van der Waals surface area contributed by atoms with Gasteiger partial charge in [0.25, 0.3) is 5.91 Å². The number of alkyl halides is 1. The summed E-state index contributed by atoms with van der Waals surface area (Å²) in [5.41, 5.74) is 0. The maximum Gasteiger partial charge on any atom is 0.265 e. The van der Waals surface area contributed by atoms with Crippen molar-refractivity contribution in [3.8, 4) is 5.75 Å². The Bertz CT molecular complexity index is 365. The highest BCUT2D eigenvalue weighted by atomic mass is 35.5. The van der Waals surface area contributed by atoms with Gasteiger partial charge in [0.2, 0.25) is 0 Å². The van der Waals surface area contributed by atoms with Crippen LogP contribution in [-0.4, -0.2) is 24.9 Å². The summed E-state index contributed by atoms with van der Waals surface area (Å²) in [6.45, 7) is 4.15. The number of carbonyl (C=O) groups is 1. The highest BCUT2D eigenvalue weighted by Crippen LogP contribution is 2.24. The second kappa shape index (κ2) is 6.87. The standard InChI is InChI=1S/C12H18ClNO2S/c1-8(2)9(4-6-13)14-12(15)11-10(16-3)5-7-17-11/h5,7-9H,4,6H2,1-3H3,(H,14,15). The van der Waals surface area contributed by atoms with E-state index in [1.165, 1.54) is 11.3 Å². The Labute approximate surface area is 111 Å². The van der Waals surface area contributed by atoms with Gasteiger partial charge in [-0.15, -0.1) is 22.9 Å². The summed E-state index contributed by atoms with van der Waals surface area (Å²) in [5, 5.41) is 4.85. The lowest BCUT2D eigenvalue weighted by molar-refractivity contribution is 0.0926. The van der Waals surface area contributed by atoms with Gasteiger partial charge in [0.1, 0.15) is 10.6 Å². The van der Waals surface area contributed by atoms with Crippen molar-refractivity contribution >= 4 is 28.8 Å². The molecule has 0 saturated heterocycles. The van der Waals surface area contributed by atoms with E-state index in [4.69, 9.17) is 16.3 Å². The molecule has 5 heteroatoms. The smallest absolute Gasteiger partial charge is 0.265 e. The fourth-order valence-corrected chi connectivity index (χ4v) is 2.54. The molecule has 1 aromatic rings. The fraction of sp³-hybridized carbons (Fsp3) is 0.583. The summed E-state index contributed by atoms with van der Waals surface area (Å²) in [4.78, 5) is 12.7. The van der Waals surface area contributed by atoms with Crippen LogP contribution in [0.3, 0.4) is 0 Å². The van der Waals surface area contributed by atoms with E-state index in [0.717, 1.165) is 6.42 Å². The average Bonchev–Trinajstić information content (AvgIpc) is 2.76. The molecule has 1 heterocycles. The first-order valence-corrected chi connectivity index (χ1v) is 6.99. The molecule has 3 nitrogen and oxygen atoms in total. The lowest BCUT2D eigenvalue weighted by atomic mass is 10.0. The first-order chi connectivity index (χ1) is 8.10. The summed E-state index contributed by atoms with van der Waals surface area (Å²) in [6.07, 6.45) is 0.776. The predicted octanol–water partition coefficient (Wildman–Crippen LogP) is 3.14. The van der Waals surface area contributed by atoms with Crippen LogP contribution >= 0.6 is 22.9 Å². The molecule has 0 spiro atoms. The first kappa shape index (κ1) is 14.3. The van der Waals surface area contributed by atoms with E-state index in [9.17, 15) is 4.79 Å². The number of hydrogen-bond acceptors (Lipinski definition) is 3. The zero-order valence-electron chi connectivity index (χ0n) is 10.3. The van der Waals surface area contributed by atoms with Gasteiger partial charge in [0.15, 0.2) is 0 Å². The van der Waals surface area contributed by atoms with Crippen LogP contribution in [0.2, 0.25) is 0 Å². The van der Waals surface area contributed by atoms with Crippen LogP contribution in [-0.2, 0) is 0 Å². The number of amides is 1. The zero-order chi connectivity index (χ0) is 12.8. The molecule has 0 aliphatic carbocycles. The largest absolute Gasteiger partial charge is 0.495 e. The normalized spacial score (nSPS) is 12.5. The maximum absolute atomic E-state index is 12.1. The Hall–Kier alpha value is -0.740. The van der Waals surface area contributed by atoms with Crippen LogP contribution in [0.15, 0.2) is 11.4 Å². The van der Waals surface area contributed by atoms with Crippen LogP contribution in [0.4, 0.5) is 0 Å². The van der Waals surface area contributed by atoms with Crippen molar-refractivity contribution < 1.29 is 9.53 Å². The average molecular weight is 276 g/mol. The Balaban J connectivity index is 2.70. The quantitative estimate of drug-likeness (QED) is 0.810. The molecule has 0 aromatic carbocycles. The third kappa shape index (κ3) is 3.89. The summed E-state index contributed by atoms with van der Waals surface area (Å²) in [7, 11) is 1.57. The molecule has 1 N–H and O–H groups in total. The van der Waals surface area contributed by atoms with Crippen LogP contribution < -0.4 is 10.1 Å². The van der Waals surface area contributed by atoms with E-state index in [2.05, 4.69) is 19.2 Å². The molecule has 17 heavy (non-hydrogen) atoms. The molecule has 0 radical (unpaired) electrons. The van der Waals surface area contributed by atoms with Gasteiger partial charge < -0.3 is 10.1 Å². The first-order valence-electron chi connectivity index (χ1n) is 5.58. The number of hydrogen-bond donors (Lipinski definition) is 1. The number of nitrogens with one attached hydrogen (secondary N) is 1. The Kier molecular flexibility index (Phi) is 5.78. The SMILES string of the molecule is COc1ccsc1C(=O)NC(CCCl)C(C)C. The number of ether oxygens (including phenoxy) is 1. The van der Waals surface area contributed by atoms with Crippen molar-refractivity contribution in [2.24, 2.45) is 5.92 Å². The van der Waals surface area contributed by atoms with Crippen molar-refractivity contribution in [2.75, 3.05) is 13.0 Å². The second-order valence-electron chi connectivity index (χ2n) is 4.12. The second-order valence-corrected chi connectivity index (χ2v) is 5.41. The van der Waals surface area contributed by atoms with Gasteiger partial charge in [-0.05, 0) is 23.8 Å². The predicted molar refractivity (Wildman–Crippen MR) is 72.3 cm³/mol. The Morgan fingerprint density at radius 2 is 2.29 bits per heavy atom. The Morgan fingerprint density at radius 1 is 1.59 bits per heavy atom. The minimum absolute atomic E-state index is 0.0827. The highest BCUT2D eigenvalue weighted by Gasteiger charge is 2.19. The van der Waals surface area contributed by atoms with Crippen molar-refractivity contribution in [2.45, 2.75) is 26.3 Å². The van der Waals surface area contributed by atoms with E-state index in [-0.39, 0.29) is 11.9 Å². The third-order valence-corrected chi connectivity index (χ3v) is 3.71. The van der Waals surface area contributed by atoms with E-state index in [0.29, 0.717) is 22.4 Å². The molecule has 0 fully saturated rings. The minimum Gasteiger partial charge on any atom is -0.495 e. The molecule has 96 valence electrons. The molecule has 0 aliphatic heterocycles. The number of carbonyl (C=O) groups excluding carboxylic acids is 1. The third-order valence-electron chi connectivity index (χ3n) is 2.60. The number of thiophene rings is 1. The van der Waals surface area contributed by atoms with E-state index < -0.39 is 0 Å². The molecule has 0 bridgehead atoms. The monoisotopic (exact) mass is 275 g/mol. The molecule has 1 aromatic heterocycles. The summed E-state index contributed by atoms with van der Waals surface area (Å²) in [5.74, 6) is 1.45. The van der Waals surface area contributed by atoms with Gasteiger partial charge in [-0.25, -0.2) is 0 Å². The highest BCUT2D eigenvalue weighted by molar-refractivity contribution is 7.12. The maximum atomic E-state index is 12.1. The molecule has 0 aliphatic rings. The van der Waals surface area contributed by atoms with Gasteiger partial charge in [-0.3, -0.25) is 4.79 Å². The van der Waals surface area contributed by atoms with Gasteiger partial charge in [0.05, 0.1) is 7.11 Å². The topological polar surface area (TPSA) is 38.3 Å². The molecule has 1 atom stereocenters. The van der Waals surface area contributed by atoms with Gasteiger partial charge in [0, 0.05) is 11.9 Å². The van der Waals surface area contributed by atoms with Gasteiger partial charge in [-0.1, -0.05) is 13.8 Å². The number of rotatable bonds is 6. The van der Waals surface area contributed by atoms with Crippen LogP contribution in [0.1, 0.15) is 29.9 Å². The lowest BCUT2D eigenvalue weighted by Crippen LogP contribution is -2.38. The van der Waals surface area contributed by atoms with Crippen molar-refractivity contribution in [3.05, 3.63) is 16.3 Å². The van der Waals surface area contributed by atoms with Crippen LogP contribution in [0, 0.1) is 5.92 Å². The molecule has 0 saturated carbocycles. The van der Waals surface area contributed by atoms with E-state index in [1.807, 2.05) is 5.38 Å². The zero-order valence-corrected chi connectivity index (χ0v) is 11.9. The summed E-state index contributed by atoms with van der Waals surface area (Å²) < 4.78 is 5.13. The summed E-state index contributed by atoms with van der Waals surface area (Å²) in [6, 6.07) is 1.90. The molecular weight excluding hydrogens is 258 g/mol. The molecule has 1 amide bonds. The minimum atomic E-state index is -0.0827.